The molecular weight excluding hydrogens is 210 g/mol. The van der Waals surface area contributed by atoms with E-state index < -0.39 is 17.0 Å². The van der Waals surface area contributed by atoms with E-state index in [0.717, 1.165) is 6.92 Å². The van der Waals surface area contributed by atoms with Crippen molar-refractivity contribution >= 4 is 15.9 Å². The Labute approximate surface area is 66.3 Å². The summed E-state index contributed by atoms with van der Waals surface area (Å²) in [6, 6.07) is 0. The minimum absolute atomic E-state index is 0.411. The SMILES string of the molecule is COCC(C)(O)C(F)(F)Br. The van der Waals surface area contributed by atoms with Crippen molar-refractivity contribution in [3.63, 3.8) is 0 Å². The second kappa shape index (κ2) is 3.11. The zero-order chi connectivity index (χ0) is 8.41. The van der Waals surface area contributed by atoms with Gasteiger partial charge in [-0.05, 0) is 22.9 Å². The van der Waals surface area contributed by atoms with Crippen LogP contribution in [0.15, 0.2) is 0 Å². The molecule has 0 aliphatic heterocycles. The third-order valence-electron chi connectivity index (χ3n) is 1.04. The van der Waals surface area contributed by atoms with E-state index in [9.17, 15) is 8.78 Å². The molecule has 0 aliphatic carbocycles. The van der Waals surface area contributed by atoms with E-state index in [2.05, 4.69) is 4.74 Å². The molecule has 10 heavy (non-hydrogen) atoms. The van der Waals surface area contributed by atoms with E-state index in [1.165, 1.54) is 7.11 Å². The largest absolute Gasteiger partial charge is 0.381 e. The zero-order valence-corrected chi connectivity index (χ0v) is 7.28. The van der Waals surface area contributed by atoms with Crippen LogP contribution < -0.4 is 0 Å². The van der Waals surface area contributed by atoms with Crippen molar-refractivity contribution in [2.45, 2.75) is 17.4 Å². The maximum absolute atomic E-state index is 12.3. The van der Waals surface area contributed by atoms with Gasteiger partial charge in [0.15, 0.2) is 5.60 Å². The predicted octanol–water partition coefficient (Wildman–Crippen LogP) is 1.37. The summed E-state index contributed by atoms with van der Waals surface area (Å²) in [4.78, 5) is -3.31. The second-order valence-corrected chi connectivity index (χ2v) is 3.20. The van der Waals surface area contributed by atoms with Gasteiger partial charge in [-0.3, -0.25) is 0 Å². The van der Waals surface area contributed by atoms with Gasteiger partial charge in [-0.1, -0.05) is 0 Å². The zero-order valence-electron chi connectivity index (χ0n) is 5.70. The lowest BCUT2D eigenvalue weighted by Crippen LogP contribution is -2.44. The van der Waals surface area contributed by atoms with E-state index >= 15 is 0 Å². The highest BCUT2D eigenvalue weighted by Gasteiger charge is 2.46. The molecule has 1 unspecified atom stereocenters. The van der Waals surface area contributed by atoms with Gasteiger partial charge in [-0.2, -0.15) is 8.78 Å². The smallest absolute Gasteiger partial charge is 0.331 e. The average Bonchev–Trinajstić information content (AvgIpc) is 1.61. The molecule has 0 aliphatic rings. The van der Waals surface area contributed by atoms with E-state index in [0.29, 0.717) is 0 Å². The standard InChI is InChI=1S/C5H9BrF2O2/c1-4(9,3-10-2)5(6,7)8/h9H,3H2,1-2H3. The molecule has 0 aromatic carbocycles. The van der Waals surface area contributed by atoms with Gasteiger partial charge < -0.3 is 9.84 Å². The fraction of sp³-hybridized carbons (Fsp3) is 1.00. The van der Waals surface area contributed by atoms with E-state index in [1.54, 1.807) is 0 Å². The number of rotatable bonds is 3. The lowest BCUT2D eigenvalue weighted by Gasteiger charge is -2.26. The number of ether oxygens (including phenoxy) is 1. The average molecular weight is 219 g/mol. The van der Waals surface area contributed by atoms with Gasteiger partial charge in [0.2, 0.25) is 0 Å². The lowest BCUT2D eigenvalue weighted by atomic mass is 10.1. The third-order valence-corrected chi connectivity index (χ3v) is 1.89. The van der Waals surface area contributed by atoms with Crippen LogP contribution in [-0.4, -0.2) is 29.3 Å². The van der Waals surface area contributed by atoms with Crippen molar-refractivity contribution in [1.29, 1.82) is 0 Å². The fourth-order valence-corrected chi connectivity index (χ4v) is 0.477. The molecule has 0 radical (unpaired) electrons. The number of halogens is 3. The van der Waals surface area contributed by atoms with Crippen LogP contribution in [0, 0.1) is 0 Å². The maximum atomic E-state index is 12.3. The maximum Gasteiger partial charge on any atom is 0.331 e. The van der Waals surface area contributed by atoms with Crippen LogP contribution in [0.2, 0.25) is 0 Å². The summed E-state index contributed by atoms with van der Waals surface area (Å²) >= 11 is 2.04. The molecule has 0 heterocycles. The molecule has 0 rings (SSSR count). The quantitative estimate of drug-likeness (QED) is 0.726. The van der Waals surface area contributed by atoms with Crippen LogP contribution in [0.1, 0.15) is 6.92 Å². The Morgan fingerprint density at radius 2 is 2.00 bits per heavy atom. The minimum Gasteiger partial charge on any atom is -0.381 e. The van der Waals surface area contributed by atoms with Crippen molar-refractivity contribution in [3.05, 3.63) is 0 Å². The molecule has 0 fully saturated rings. The molecule has 0 saturated heterocycles. The van der Waals surface area contributed by atoms with Crippen molar-refractivity contribution < 1.29 is 18.6 Å². The minimum atomic E-state index is -3.31. The van der Waals surface area contributed by atoms with E-state index in [-0.39, 0.29) is 0 Å². The van der Waals surface area contributed by atoms with E-state index in [4.69, 9.17) is 5.11 Å². The van der Waals surface area contributed by atoms with Crippen molar-refractivity contribution in [1.82, 2.24) is 0 Å². The number of aliphatic hydroxyl groups is 1. The predicted molar refractivity (Wildman–Crippen MR) is 36.4 cm³/mol. The Morgan fingerprint density at radius 1 is 1.60 bits per heavy atom. The normalized spacial score (nSPS) is 18.6. The highest BCUT2D eigenvalue weighted by molar-refractivity contribution is 9.10. The molecule has 0 bridgehead atoms. The van der Waals surface area contributed by atoms with Crippen LogP contribution in [0.3, 0.4) is 0 Å². The molecule has 0 aromatic heterocycles. The molecule has 1 atom stereocenters. The Morgan fingerprint density at radius 3 is 2.10 bits per heavy atom. The summed E-state index contributed by atoms with van der Waals surface area (Å²) in [5.74, 6) is 0. The number of alkyl halides is 3. The summed E-state index contributed by atoms with van der Waals surface area (Å²) in [7, 11) is 1.24. The summed E-state index contributed by atoms with van der Waals surface area (Å²) < 4.78 is 28.9. The Hall–Kier alpha value is 0.260. The van der Waals surface area contributed by atoms with Gasteiger partial charge in [-0.15, -0.1) is 0 Å². The first-order valence-electron chi connectivity index (χ1n) is 2.59. The fourth-order valence-electron chi connectivity index (χ4n) is 0.363. The molecular formula is C5H9BrF2O2. The van der Waals surface area contributed by atoms with Gasteiger partial charge in [0.05, 0.1) is 6.61 Å². The molecule has 0 spiro atoms. The van der Waals surface area contributed by atoms with Gasteiger partial charge in [0, 0.05) is 7.11 Å². The Kier molecular flexibility index (Phi) is 3.19. The molecule has 62 valence electrons. The lowest BCUT2D eigenvalue weighted by molar-refractivity contribution is -0.134. The molecule has 1 N–H and O–H groups in total. The van der Waals surface area contributed by atoms with Crippen LogP contribution in [-0.2, 0) is 4.74 Å². The van der Waals surface area contributed by atoms with Crippen LogP contribution >= 0.6 is 15.9 Å². The number of methoxy groups -OCH3 is 1. The molecule has 0 amide bonds. The van der Waals surface area contributed by atoms with Gasteiger partial charge in [0.25, 0.3) is 0 Å². The molecule has 2 nitrogen and oxygen atoms in total. The highest BCUT2D eigenvalue weighted by atomic mass is 79.9. The number of hydrogen-bond acceptors (Lipinski definition) is 2. The summed E-state index contributed by atoms with van der Waals surface area (Å²) in [6.07, 6.45) is 0. The monoisotopic (exact) mass is 218 g/mol. The first-order chi connectivity index (χ1) is 4.31. The van der Waals surface area contributed by atoms with Gasteiger partial charge in [0.1, 0.15) is 0 Å². The van der Waals surface area contributed by atoms with E-state index in [1.807, 2.05) is 15.9 Å². The molecule has 0 aromatic rings. The van der Waals surface area contributed by atoms with Gasteiger partial charge >= 0.3 is 4.83 Å². The van der Waals surface area contributed by atoms with Crippen molar-refractivity contribution in [2.75, 3.05) is 13.7 Å². The Bertz CT molecular complexity index is 111. The van der Waals surface area contributed by atoms with Crippen molar-refractivity contribution in [2.24, 2.45) is 0 Å². The first kappa shape index (κ1) is 10.3. The topological polar surface area (TPSA) is 29.5 Å². The van der Waals surface area contributed by atoms with Crippen LogP contribution in [0.25, 0.3) is 0 Å². The molecule has 5 heteroatoms. The third kappa shape index (κ3) is 2.48. The Balaban J connectivity index is 4.10. The number of hydrogen-bond donors (Lipinski definition) is 1. The van der Waals surface area contributed by atoms with Crippen molar-refractivity contribution in [3.8, 4) is 0 Å². The van der Waals surface area contributed by atoms with Crippen LogP contribution in [0.5, 0.6) is 0 Å². The van der Waals surface area contributed by atoms with Gasteiger partial charge in [-0.25, -0.2) is 0 Å². The van der Waals surface area contributed by atoms with Crippen LogP contribution in [0.4, 0.5) is 8.78 Å². The summed E-state index contributed by atoms with van der Waals surface area (Å²) in [5.41, 5.74) is -2.15. The molecule has 0 saturated carbocycles. The summed E-state index contributed by atoms with van der Waals surface area (Å²) in [5, 5.41) is 8.93. The summed E-state index contributed by atoms with van der Waals surface area (Å²) in [6.45, 7) is 0.580. The highest BCUT2D eigenvalue weighted by Crippen LogP contribution is 2.34. The second-order valence-electron chi connectivity index (χ2n) is 2.20. The first-order valence-corrected chi connectivity index (χ1v) is 3.38.